The van der Waals surface area contributed by atoms with Gasteiger partial charge in [-0.15, -0.1) is 0 Å². The molecule has 4 nitrogen and oxygen atoms in total. The van der Waals surface area contributed by atoms with Gasteiger partial charge in [0, 0.05) is 22.6 Å². The van der Waals surface area contributed by atoms with Gasteiger partial charge in [-0.05, 0) is 51.9 Å². The lowest BCUT2D eigenvalue weighted by atomic mass is 10.2. The van der Waals surface area contributed by atoms with Crippen molar-refractivity contribution in [3.05, 3.63) is 28.2 Å². The molecule has 118 valence electrons. The molecule has 1 amide bonds. The lowest BCUT2D eigenvalue weighted by Gasteiger charge is -2.19. The number of ether oxygens (including phenoxy) is 1. The molecule has 5 heteroatoms. The number of halogens is 1. The molecular weight excluding hydrogens is 332 g/mol. The molecule has 1 rings (SSSR count). The zero-order valence-corrected chi connectivity index (χ0v) is 14.8. The summed E-state index contributed by atoms with van der Waals surface area (Å²) in [6.07, 6.45) is 0.565. The zero-order chi connectivity index (χ0) is 15.8. The summed E-state index contributed by atoms with van der Waals surface area (Å²) < 4.78 is 6.82. The minimum atomic E-state index is -0.515. The highest BCUT2D eigenvalue weighted by atomic mass is 79.9. The van der Waals surface area contributed by atoms with Crippen LogP contribution in [0.15, 0.2) is 22.7 Å². The van der Waals surface area contributed by atoms with Crippen molar-refractivity contribution >= 4 is 21.8 Å². The van der Waals surface area contributed by atoms with Crippen LogP contribution in [0.4, 0.5) is 0 Å². The van der Waals surface area contributed by atoms with Gasteiger partial charge in [0.2, 0.25) is 0 Å². The van der Waals surface area contributed by atoms with Crippen molar-refractivity contribution < 1.29 is 9.53 Å². The quantitative estimate of drug-likeness (QED) is 0.703. The van der Waals surface area contributed by atoms with E-state index in [2.05, 4.69) is 33.5 Å². The van der Waals surface area contributed by atoms with Crippen molar-refractivity contribution in [3.8, 4) is 5.75 Å². The van der Waals surface area contributed by atoms with E-state index in [1.54, 1.807) is 6.92 Å². The molecule has 0 spiro atoms. The molecule has 0 aliphatic rings. The summed E-state index contributed by atoms with van der Waals surface area (Å²) in [6.45, 7) is 9.44. The van der Waals surface area contributed by atoms with E-state index in [4.69, 9.17) is 4.74 Å². The Morgan fingerprint density at radius 1 is 1.33 bits per heavy atom. The maximum Gasteiger partial charge on any atom is 0.260 e. The van der Waals surface area contributed by atoms with Gasteiger partial charge in [-0.2, -0.15) is 0 Å². The van der Waals surface area contributed by atoms with Gasteiger partial charge in [0.15, 0.2) is 6.10 Å². The summed E-state index contributed by atoms with van der Waals surface area (Å²) in [7, 11) is 0. The topological polar surface area (TPSA) is 50.4 Å². The highest BCUT2D eigenvalue weighted by molar-refractivity contribution is 9.10. The zero-order valence-electron chi connectivity index (χ0n) is 13.2. The molecule has 0 fully saturated rings. The van der Waals surface area contributed by atoms with E-state index in [-0.39, 0.29) is 11.9 Å². The highest BCUT2D eigenvalue weighted by Gasteiger charge is 2.17. The number of hydrogen-bond donors (Lipinski definition) is 2. The second kappa shape index (κ2) is 9.05. The Balaban J connectivity index is 2.74. The summed E-state index contributed by atoms with van der Waals surface area (Å²) in [5.74, 6) is 0.647. The predicted molar refractivity (Wildman–Crippen MR) is 89.5 cm³/mol. The minimum absolute atomic E-state index is 0.0969. The molecule has 1 atom stereocenters. The summed E-state index contributed by atoms with van der Waals surface area (Å²) >= 11 is 3.47. The van der Waals surface area contributed by atoms with Crippen LogP contribution in [0, 0.1) is 0 Å². The van der Waals surface area contributed by atoms with Crippen LogP contribution in [0.25, 0.3) is 0 Å². The first-order valence-electron chi connectivity index (χ1n) is 7.40. The van der Waals surface area contributed by atoms with Crippen LogP contribution < -0.4 is 15.4 Å². The summed E-state index contributed by atoms with van der Waals surface area (Å²) in [4.78, 5) is 11.9. The minimum Gasteiger partial charge on any atom is -0.481 e. The Bertz CT molecular complexity index is 464. The van der Waals surface area contributed by atoms with Crippen LogP contribution in [-0.2, 0) is 11.3 Å². The summed E-state index contributed by atoms with van der Waals surface area (Å²) in [5.41, 5.74) is 1.04. The largest absolute Gasteiger partial charge is 0.481 e. The first kappa shape index (κ1) is 18.0. The van der Waals surface area contributed by atoms with Crippen LogP contribution >= 0.6 is 15.9 Å². The molecule has 0 radical (unpaired) electrons. The lowest BCUT2D eigenvalue weighted by Crippen LogP contribution is -2.40. The lowest BCUT2D eigenvalue weighted by molar-refractivity contribution is -0.127. The maximum atomic E-state index is 11.9. The molecule has 0 bridgehead atoms. The first-order chi connectivity index (χ1) is 9.93. The van der Waals surface area contributed by atoms with Crippen molar-refractivity contribution in [2.24, 2.45) is 0 Å². The third-order valence-corrected chi connectivity index (χ3v) is 3.36. The van der Waals surface area contributed by atoms with E-state index in [0.29, 0.717) is 0 Å². The second-order valence-corrected chi connectivity index (χ2v) is 6.27. The van der Waals surface area contributed by atoms with Crippen molar-refractivity contribution in [1.82, 2.24) is 10.6 Å². The molecule has 2 N–H and O–H groups in total. The van der Waals surface area contributed by atoms with Crippen LogP contribution in [0.2, 0.25) is 0 Å². The number of rotatable bonds is 8. The van der Waals surface area contributed by atoms with E-state index in [1.807, 2.05) is 32.0 Å². The third kappa shape index (κ3) is 6.48. The Morgan fingerprint density at radius 2 is 2.05 bits per heavy atom. The molecule has 21 heavy (non-hydrogen) atoms. The summed E-state index contributed by atoms with van der Waals surface area (Å²) in [5, 5.41) is 6.21. The molecular formula is C16H25BrN2O2. The Morgan fingerprint density at radius 3 is 2.67 bits per heavy atom. The standard InChI is InChI=1S/C16H25BrN2O2/c1-5-8-18-10-13-9-14(17)6-7-15(13)21-12(4)16(20)19-11(2)3/h6-7,9,11-12,18H,5,8,10H2,1-4H3,(H,19,20). The summed E-state index contributed by atoms with van der Waals surface area (Å²) in [6, 6.07) is 5.95. The number of nitrogens with one attached hydrogen (secondary N) is 2. The predicted octanol–water partition coefficient (Wildman–Crippen LogP) is 3.24. The number of hydrogen-bond acceptors (Lipinski definition) is 3. The van der Waals surface area contributed by atoms with E-state index >= 15 is 0 Å². The monoisotopic (exact) mass is 356 g/mol. The molecule has 1 unspecified atom stereocenters. The fourth-order valence-corrected chi connectivity index (χ4v) is 2.26. The number of benzene rings is 1. The molecule has 1 aromatic carbocycles. The molecule has 0 heterocycles. The molecule has 0 saturated heterocycles. The number of carbonyl (C=O) groups is 1. The second-order valence-electron chi connectivity index (χ2n) is 5.35. The van der Waals surface area contributed by atoms with Gasteiger partial charge < -0.3 is 15.4 Å². The van der Waals surface area contributed by atoms with Gasteiger partial charge in [0.05, 0.1) is 0 Å². The van der Waals surface area contributed by atoms with Gasteiger partial charge in [-0.25, -0.2) is 0 Å². The molecule has 0 aliphatic heterocycles. The first-order valence-corrected chi connectivity index (χ1v) is 8.19. The van der Waals surface area contributed by atoms with E-state index in [9.17, 15) is 4.79 Å². The fourth-order valence-electron chi connectivity index (χ4n) is 1.85. The van der Waals surface area contributed by atoms with Gasteiger partial charge in [-0.3, -0.25) is 4.79 Å². The van der Waals surface area contributed by atoms with Crippen molar-refractivity contribution in [2.75, 3.05) is 6.54 Å². The SMILES string of the molecule is CCCNCc1cc(Br)ccc1OC(C)C(=O)NC(C)C. The Labute approximate surface area is 135 Å². The van der Waals surface area contributed by atoms with Crippen molar-refractivity contribution in [1.29, 1.82) is 0 Å². The van der Waals surface area contributed by atoms with Gasteiger partial charge in [0.25, 0.3) is 5.91 Å². The average molecular weight is 357 g/mol. The van der Waals surface area contributed by atoms with E-state index in [0.717, 1.165) is 35.3 Å². The van der Waals surface area contributed by atoms with Gasteiger partial charge in [-0.1, -0.05) is 22.9 Å². The average Bonchev–Trinajstić information content (AvgIpc) is 2.41. The highest BCUT2D eigenvalue weighted by Crippen LogP contribution is 2.24. The van der Waals surface area contributed by atoms with Crippen LogP contribution in [-0.4, -0.2) is 24.6 Å². The van der Waals surface area contributed by atoms with Crippen LogP contribution in [0.1, 0.15) is 39.7 Å². The van der Waals surface area contributed by atoms with Gasteiger partial charge in [0.1, 0.15) is 5.75 Å². The van der Waals surface area contributed by atoms with E-state index in [1.165, 1.54) is 0 Å². The van der Waals surface area contributed by atoms with Gasteiger partial charge >= 0.3 is 0 Å². The Kier molecular flexibility index (Phi) is 7.75. The number of carbonyl (C=O) groups excluding carboxylic acids is 1. The Hall–Kier alpha value is -1.07. The third-order valence-electron chi connectivity index (χ3n) is 2.87. The molecule has 0 aliphatic carbocycles. The maximum absolute atomic E-state index is 11.9. The number of amides is 1. The molecule has 0 aromatic heterocycles. The van der Waals surface area contributed by atoms with E-state index < -0.39 is 6.10 Å². The van der Waals surface area contributed by atoms with Crippen LogP contribution in [0.3, 0.4) is 0 Å². The van der Waals surface area contributed by atoms with Crippen LogP contribution in [0.5, 0.6) is 5.75 Å². The van der Waals surface area contributed by atoms with Crippen molar-refractivity contribution in [3.63, 3.8) is 0 Å². The molecule has 0 saturated carbocycles. The fraction of sp³-hybridized carbons (Fsp3) is 0.562. The van der Waals surface area contributed by atoms with Crippen molar-refractivity contribution in [2.45, 2.75) is 52.8 Å². The normalized spacial score (nSPS) is 12.3. The smallest absolute Gasteiger partial charge is 0.260 e. The molecule has 1 aromatic rings.